The van der Waals surface area contributed by atoms with Gasteiger partial charge in [-0.3, -0.25) is 10.2 Å². The molecule has 4 heterocycles. The zero-order chi connectivity index (χ0) is 14.5. The van der Waals surface area contributed by atoms with E-state index in [1.807, 2.05) is 0 Å². The molecule has 0 bridgehead atoms. The van der Waals surface area contributed by atoms with Crippen molar-refractivity contribution in [2.75, 3.05) is 19.7 Å². The van der Waals surface area contributed by atoms with Gasteiger partial charge in [0.15, 0.2) is 0 Å². The molecule has 4 aliphatic heterocycles. The van der Waals surface area contributed by atoms with Crippen molar-refractivity contribution in [3.05, 3.63) is 35.4 Å². The first-order valence-electron chi connectivity index (χ1n) is 8.74. The Balaban J connectivity index is 1.40. The van der Waals surface area contributed by atoms with E-state index in [0.29, 0.717) is 18.0 Å². The van der Waals surface area contributed by atoms with E-state index in [1.165, 1.54) is 32.4 Å². The van der Waals surface area contributed by atoms with Crippen LogP contribution < -0.4 is 5.32 Å². The fourth-order valence-electron chi connectivity index (χ4n) is 5.06. The summed E-state index contributed by atoms with van der Waals surface area (Å²) < 4.78 is 0. The highest BCUT2D eigenvalue weighted by atomic mass is 17.2. The summed E-state index contributed by atoms with van der Waals surface area (Å²) in [5, 5.41) is 3.75. The molecule has 1 N–H and O–H groups in total. The van der Waals surface area contributed by atoms with Crippen LogP contribution in [0.3, 0.4) is 0 Å². The maximum Gasteiger partial charge on any atom is 0.146 e. The fraction of sp³-hybridized carbons (Fsp3) is 0.667. The molecule has 4 nitrogen and oxygen atoms in total. The van der Waals surface area contributed by atoms with Crippen LogP contribution in [0.1, 0.15) is 36.4 Å². The number of nitrogens with one attached hydrogen (secondary N) is 1. The molecule has 1 aromatic rings. The normalized spacial score (nSPS) is 41.0. The van der Waals surface area contributed by atoms with E-state index >= 15 is 0 Å². The van der Waals surface area contributed by atoms with Gasteiger partial charge >= 0.3 is 0 Å². The third-order valence-electron chi connectivity index (χ3n) is 6.19. The van der Waals surface area contributed by atoms with Crippen LogP contribution in [0.15, 0.2) is 24.3 Å². The van der Waals surface area contributed by atoms with Crippen molar-refractivity contribution in [3.63, 3.8) is 0 Å². The van der Waals surface area contributed by atoms with E-state index in [1.54, 1.807) is 11.1 Å². The second-order valence-corrected chi connectivity index (χ2v) is 7.35. The molecule has 118 valence electrons. The SMILES string of the molecule is c1ccc2c(c1)CCN1CC3CC4CCOOC4NC3CC21. The van der Waals surface area contributed by atoms with E-state index < -0.39 is 0 Å². The Morgan fingerprint density at radius 1 is 1.14 bits per heavy atom. The molecule has 5 atom stereocenters. The quantitative estimate of drug-likeness (QED) is 0.745. The summed E-state index contributed by atoms with van der Waals surface area (Å²) in [6.07, 6.45) is 4.94. The van der Waals surface area contributed by atoms with Crippen molar-refractivity contribution in [2.24, 2.45) is 11.8 Å². The molecule has 5 rings (SSSR count). The first-order chi connectivity index (χ1) is 10.9. The molecular weight excluding hydrogens is 276 g/mol. The zero-order valence-corrected chi connectivity index (χ0v) is 12.9. The highest BCUT2D eigenvalue weighted by Gasteiger charge is 2.45. The fourth-order valence-corrected chi connectivity index (χ4v) is 5.06. The molecule has 0 saturated carbocycles. The van der Waals surface area contributed by atoms with Crippen LogP contribution in [-0.4, -0.2) is 36.9 Å². The van der Waals surface area contributed by atoms with Gasteiger partial charge in [-0.05, 0) is 42.7 Å². The highest BCUT2D eigenvalue weighted by molar-refractivity contribution is 5.33. The van der Waals surface area contributed by atoms with Crippen molar-refractivity contribution < 1.29 is 9.78 Å². The molecule has 22 heavy (non-hydrogen) atoms. The lowest BCUT2D eigenvalue weighted by atomic mass is 9.74. The molecule has 3 saturated heterocycles. The number of benzene rings is 1. The topological polar surface area (TPSA) is 33.7 Å². The minimum absolute atomic E-state index is 0.111. The molecule has 5 unspecified atom stereocenters. The van der Waals surface area contributed by atoms with Crippen molar-refractivity contribution in [1.29, 1.82) is 0 Å². The molecule has 3 fully saturated rings. The van der Waals surface area contributed by atoms with Gasteiger partial charge in [0, 0.05) is 31.1 Å². The minimum Gasteiger partial charge on any atom is -0.296 e. The van der Waals surface area contributed by atoms with Gasteiger partial charge in [-0.25, -0.2) is 9.78 Å². The summed E-state index contributed by atoms with van der Waals surface area (Å²) in [4.78, 5) is 13.4. The lowest BCUT2D eigenvalue weighted by molar-refractivity contribution is -0.372. The first kappa shape index (κ1) is 13.5. The summed E-state index contributed by atoms with van der Waals surface area (Å²) in [7, 11) is 0. The Bertz CT molecular complexity index is 564. The van der Waals surface area contributed by atoms with Crippen molar-refractivity contribution in [1.82, 2.24) is 10.2 Å². The average Bonchev–Trinajstić information content (AvgIpc) is 2.58. The van der Waals surface area contributed by atoms with E-state index in [0.717, 1.165) is 18.9 Å². The molecule has 4 aliphatic rings. The zero-order valence-electron chi connectivity index (χ0n) is 12.9. The van der Waals surface area contributed by atoms with Crippen LogP contribution in [0, 0.1) is 11.8 Å². The summed E-state index contributed by atoms with van der Waals surface area (Å²) in [6.45, 7) is 3.21. The van der Waals surface area contributed by atoms with Crippen LogP contribution in [0.25, 0.3) is 0 Å². The maximum atomic E-state index is 5.51. The lowest BCUT2D eigenvalue weighted by Gasteiger charge is -2.52. The predicted molar refractivity (Wildman–Crippen MR) is 83.0 cm³/mol. The van der Waals surface area contributed by atoms with Gasteiger partial charge in [0.05, 0.1) is 6.61 Å². The summed E-state index contributed by atoms with van der Waals surface area (Å²) in [5.41, 5.74) is 3.10. The molecule has 1 aromatic carbocycles. The molecule has 0 spiro atoms. The Morgan fingerprint density at radius 2 is 2.09 bits per heavy atom. The number of hydrogen-bond acceptors (Lipinski definition) is 4. The second kappa shape index (κ2) is 5.31. The Kier molecular flexibility index (Phi) is 3.25. The van der Waals surface area contributed by atoms with Crippen molar-refractivity contribution in [3.8, 4) is 0 Å². The number of fused-ring (bicyclic) bond motifs is 5. The van der Waals surface area contributed by atoms with Crippen LogP contribution in [0.2, 0.25) is 0 Å². The Labute approximate surface area is 131 Å². The lowest BCUT2D eigenvalue weighted by Crippen LogP contribution is -2.61. The van der Waals surface area contributed by atoms with Gasteiger partial charge in [0.1, 0.15) is 6.23 Å². The first-order valence-corrected chi connectivity index (χ1v) is 8.74. The smallest absolute Gasteiger partial charge is 0.146 e. The summed E-state index contributed by atoms with van der Waals surface area (Å²) in [5.74, 6) is 1.40. The van der Waals surface area contributed by atoms with Gasteiger partial charge in [0.25, 0.3) is 0 Å². The van der Waals surface area contributed by atoms with Gasteiger partial charge in [0.2, 0.25) is 0 Å². The average molecular weight is 300 g/mol. The van der Waals surface area contributed by atoms with E-state index in [-0.39, 0.29) is 6.23 Å². The van der Waals surface area contributed by atoms with E-state index in [9.17, 15) is 0 Å². The Morgan fingerprint density at radius 3 is 3.09 bits per heavy atom. The van der Waals surface area contributed by atoms with Crippen LogP contribution >= 0.6 is 0 Å². The monoisotopic (exact) mass is 300 g/mol. The van der Waals surface area contributed by atoms with Gasteiger partial charge in [-0.2, -0.15) is 0 Å². The van der Waals surface area contributed by atoms with Gasteiger partial charge in [-0.15, -0.1) is 0 Å². The van der Waals surface area contributed by atoms with Crippen LogP contribution in [0.4, 0.5) is 0 Å². The third-order valence-corrected chi connectivity index (χ3v) is 6.19. The molecule has 0 aliphatic carbocycles. The number of piperidine rings is 2. The summed E-state index contributed by atoms with van der Waals surface area (Å²) in [6, 6.07) is 10.2. The molecule has 4 heteroatoms. The van der Waals surface area contributed by atoms with Crippen LogP contribution in [-0.2, 0) is 16.2 Å². The highest BCUT2D eigenvalue weighted by Crippen LogP contribution is 2.43. The molecule has 0 amide bonds. The van der Waals surface area contributed by atoms with Gasteiger partial charge < -0.3 is 0 Å². The predicted octanol–water partition coefficient (Wildman–Crippen LogP) is 2.26. The number of rotatable bonds is 0. The van der Waals surface area contributed by atoms with Gasteiger partial charge in [-0.1, -0.05) is 24.3 Å². The van der Waals surface area contributed by atoms with Crippen molar-refractivity contribution in [2.45, 2.75) is 44.0 Å². The Hall–Kier alpha value is -0.940. The third kappa shape index (κ3) is 2.13. The van der Waals surface area contributed by atoms with Crippen LogP contribution in [0.5, 0.6) is 0 Å². The minimum atomic E-state index is 0.111. The van der Waals surface area contributed by atoms with Crippen molar-refractivity contribution >= 4 is 0 Å². The maximum absolute atomic E-state index is 5.51. The standard InChI is InChI=1S/C18H24N2O2/c1-2-4-15-12(3-1)5-7-20-11-14-9-13-6-8-21-22-18(13)19-16(14)10-17(15)20/h1-4,13-14,16-19H,5-11H2. The van der Waals surface area contributed by atoms with E-state index in [4.69, 9.17) is 9.78 Å². The summed E-state index contributed by atoms with van der Waals surface area (Å²) >= 11 is 0. The second-order valence-electron chi connectivity index (χ2n) is 7.35. The largest absolute Gasteiger partial charge is 0.296 e. The number of hydrogen-bond donors (Lipinski definition) is 1. The molecule has 0 radical (unpaired) electrons. The van der Waals surface area contributed by atoms with E-state index in [2.05, 4.69) is 34.5 Å². The number of nitrogens with zero attached hydrogens (tertiary/aromatic N) is 1. The molecular formula is C18H24N2O2. The molecule has 0 aromatic heterocycles.